The number of nitrogens with zero attached hydrogens (tertiary/aromatic N) is 1. The Balaban J connectivity index is 2.11. The van der Waals surface area contributed by atoms with E-state index in [1.54, 1.807) is 24.3 Å². The molecule has 1 amide bonds. The molecule has 30 heavy (non-hydrogen) atoms. The van der Waals surface area contributed by atoms with Gasteiger partial charge in [-0.2, -0.15) is 0 Å². The summed E-state index contributed by atoms with van der Waals surface area (Å²) >= 11 is 0. The fourth-order valence-electron chi connectivity index (χ4n) is 3.62. The molecule has 1 saturated heterocycles. The van der Waals surface area contributed by atoms with E-state index in [2.05, 4.69) is 0 Å². The van der Waals surface area contributed by atoms with Crippen molar-refractivity contribution in [2.75, 3.05) is 13.7 Å². The Labute approximate surface area is 176 Å². The van der Waals surface area contributed by atoms with Gasteiger partial charge in [0.1, 0.15) is 17.3 Å². The number of carbonyl (C=O) groups excluding carboxylic acids is 2. The lowest BCUT2D eigenvalue weighted by Gasteiger charge is -2.25. The van der Waals surface area contributed by atoms with E-state index < -0.39 is 17.7 Å². The average Bonchev–Trinajstić information content (AvgIpc) is 2.98. The molecule has 1 unspecified atom stereocenters. The van der Waals surface area contributed by atoms with Crippen LogP contribution in [-0.2, 0) is 9.59 Å². The molecule has 1 atom stereocenters. The summed E-state index contributed by atoms with van der Waals surface area (Å²) in [6.07, 6.45) is 0.728. The third kappa shape index (κ3) is 4.17. The number of hydrogen-bond acceptors (Lipinski definition) is 5. The van der Waals surface area contributed by atoms with Crippen molar-refractivity contribution >= 4 is 17.4 Å². The molecule has 0 aliphatic carbocycles. The van der Waals surface area contributed by atoms with Crippen molar-refractivity contribution < 1.29 is 24.2 Å². The molecule has 0 radical (unpaired) electrons. The number of ether oxygens (including phenoxy) is 2. The topological polar surface area (TPSA) is 76.1 Å². The van der Waals surface area contributed by atoms with Crippen molar-refractivity contribution in [1.82, 2.24) is 4.90 Å². The Kier molecular flexibility index (Phi) is 6.45. The van der Waals surface area contributed by atoms with Gasteiger partial charge in [-0.1, -0.05) is 31.2 Å². The zero-order valence-electron chi connectivity index (χ0n) is 17.7. The first kappa shape index (κ1) is 21.4. The maximum absolute atomic E-state index is 12.9. The molecule has 1 heterocycles. The van der Waals surface area contributed by atoms with Gasteiger partial charge >= 0.3 is 0 Å². The SMILES string of the molecule is CCCN1C(=O)C(=O)/C(=C(\O)c2cccc(OC)c2)C1c1ccc(OC(C)C)cc1. The number of carbonyl (C=O) groups is 2. The molecule has 6 heteroatoms. The maximum Gasteiger partial charge on any atom is 0.295 e. The van der Waals surface area contributed by atoms with Crippen LogP contribution in [0.4, 0.5) is 0 Å². The number of Topliss-reactive ketones (excluding diaryl/α,β-unsaturated/α-hetero) is 1. The minimum absolute atomic E-state index is 0.0367. The van der Waals surface area contributed by atoms with Crippen LogP contribution in [-0.4, -0.2) is 41.5 Å². The van der Waals surface area contributed by atoms with Crippen molar-refractivity contribution in [2.24, 2.45) is 0 Å². The lowest BCUT2D eigenvalue weighted by molar-refractivity contribution is -0.139. The first-order valence-electron chi connectivity index (χ1n) is 10.1. The average molecular weight is 409 g/mol. The highest BCUT2D eigenvalue weighted by Gasteiger charge is 2.45. The number of methoxy groups -OCH3 is 1. The largest absolute Gasteiger partial charge is 0.507 e. The van der Waals surface area contributed by atoms with Gasteiger partial charge in [0.05, 0.1) is 24.8 Å². The van der Waals surface area contributed by atoms with Crippen LogP contribution in [0.3, 0.4) is 0 Å². The third-order valence-electron chi connectivity index (χ3n) is 4.92. The first-order valence-corrected chi connectivity index (χ1v) is 10.1. The van der Waals surface area contributed by atoms with Gasteiger partial charge < -0.3 is 19.5 Å². The third-order valence-corrected chi connectivity index (χ3v) is 4.92. The summed E-state index contributed by atoms with van der Waals surface area (Å²) in [5, 5.41) is 11.0. The van der Waals surface area contributed by atoms with Gasteiger partial charge in [0, 0.05) is 12.1 Å². The fraction of sp³-hybridized carbons (Fsp3) is 0.333. The highest BCUT2D eigenvalue weighted by molar-refractivity contribution is 6.46. The van der Waals surface area contributed by atoms with Crippen molar-refractivity contribution in [2.45, 2.75) is 39.3 Å². The molecule has 0 aromatic heterocycles. The molecule has 0 saturated carbocycles. The van der Waals surface area contributed by atoms with Crippen LogP contribution in [0, 0.1) is 0 Å². The highest BCUT2D eigenvalue weighted by atomic mass is 16.5. The quantitative estimate of drug-likeness (QED) is 0.419. The van der Waals surface area contributed by atoms with E-state index in [0.717, 1.165) is 5.56 Å². The van der Waals surface area contributed by atoms with Crippen molar-refractivity contribution in [3.05, 3.63) is 65.2 Å². The Morgan fingerprint density at radius 3 is 2.40 bits per heavy atom. The fourth-order valence-corrected chi connectivity index (χ4v) is 3.62. The van der Waals surface area contributed by atoms with Gasteiger partial charge in [-0.25, -0.2) is 0 Å². The molecule has 0 spiro atoms. The smallest absolute Gasteiger partial charge is 0.295 e. The summed E-state index contributed by atoms with van der Waals surface area (Å²) in [4.78, 5) is 27.2. The van der Waals surface area contributed by atoms with Gasteiger partial charge in [-0.15, -0.1) is 0 Å². The molecule has 158 valence electrons. The molecule has 1 fully saturated rings. The standard InChI is InChI=1S/C24H27NO5/c1-5-13-25-21(16-9-11-18(12-10-16)30-15(2)3)20(23(27)24(25)28)22(26)17-7-6-8-19(14-17)29-4/h6-12,14-15,21,26H,5,13H2,1-4H3/b22-20-. The Bertz CT molecular complexity index is 962. The molecule has 1 aliphatic heterocycles. The van der Waals surface area contributed by atoms with Gasteiger partial charge in [-0.05, 0) is 50.1 Å². The van der Waals surface area contributed by atoms with Crippen LogP contribution in [0.1, 0.15) is 44.4 Å². The molecule has 6 nitrogen and oxygen atoms in total. The van der Waals surface area contributed by atoms with Crippen LogP contribution in [0.5, 0.6) is 11.5 Å². The molecule has 2 aromatic carbocycles. The first-order chi connectivity index (χ1) is 14.4. The molecule has 1 N–H and O–H groups in total. The zero-order chi connectivity index (χ0) is 21.8. The molecular formula is C24H27NO5. The zero-order valence-corrected chi connectivity index (χ0v) is 17.7. The number of aliphatic hydroxyl groups is 1. The van der Waals surface area contributed by atoms with Gasteiger partial charge in [0.2, 0.25) is 0 Å². The number of aliphatic hydroxyl groups excluding tert-OH is 1. The predicted molar refractivity (Wildman–Crippen MR) is 115 cm³/mol. The second-order valence-corrected chi connectivity index (χ2v) is 7.46. The lowest BCUT2D eigenvalue weighted by atomic mass is 9.95. The van der Waals surface area contributed by atoms with E-state index in [4.69, 9.17) is 9.47 Å². The van der Waals surface area contributed by atoms with Crippen molar-refractivity contribution in [1.29, 1.82) is 0 Å². The minimum Gasteiger partial charge on any atom is -0.507 e. The van der Waals surface area contributed by atoms with Gasteiger partial charge in [0.15, 0.2) is 0 Å². The lowest BCUT2D eigenvalue weighted by Crippen LogP contribution is -2.30. The normalized spacial score (nSPS) is 18.2. The van der Waals surface area contributed by atoms with Crippen LogP contribution in [0.25, 0.3) is 5.76 Å². The summed E-state index contributed by atoms with van der Waals surface area (Å²) in [5.41, 5.74) is 1.25. The molecule has 0 bridgehead atoms. The van der Waals surface area contributed by atoms with E-state index in [-0.39, 0.29) is 17.4 Å². The van der Waals surface area contributed by atoms with Crippen molar-refractivity contribution in [3.8, 4) is 11.5 Å². The van der Waals surface area contributed by atoms with Gasteiger partial charge in [-0.3, -0.25) is 9.59 Å². The van der Waals surface area contributed by atoms with Crippen LogP contribution in [0.2, 0.25) is 0 Å². The Morgan fingerprint density at radius 2 is 1.80 bits per heavy atom. The van der Waals surface area contributed by atoms with Crippen molar-refractivity contribution in [3.63, 3.8) is 0 Å². The number of ketones is 1. The van der Waals surface area contributed by atoms with E-state index in [1.165, 1.54) is 12.0 Å². The number of rotatable bonds is 7. The molecule has 3 rings (SSSR count). The summed E-state index contributed by atoms with van der Waals surface area (Å²) < 4.78 is 10.9. The van der Waals surface area contributed by atoms with Crippen LogP contribution < -0.4 is 9.47 Å². The monoisotopic (exact) mass is 409 g/mol. The van der Waals surface area contributed by atoms with E-state index in [1.807, 2.05) is 45.0 Å². The summed E-state index contributed by atoms with van der Waals surface area (Å²) in [5.74, 6) is -0.244. The van der Waals surface area contributed by atoms with Crippen LogP contribution in [0.15, 0.2) is 54.1 Å². The molecule has 2 aromatic rings. The summed E-state index contributed by atoms with van der Waals surface area (Å²) in [7, 11) is 1.53. The number of likely N-dealkylation sites (tertiary alicyclic amines) is 1. The van der Waals surface area contributed by atoms with Crippen LogP contribution >= 0.6 is 0 Å². The highest BCUT2D eigenvalue weighted by Crippen LogP contribution is 2.40. The molecule has 1 aliphatic rings. The number of benzene rings is 2. The predicted octanol–water partition coefficient (Wildman–Crippen LogP) is 4.31. The Morgan fingerprint density at radius 1 is 1.10 bits per heavy atom. The number of hydrogen-bond donors (Lipinski definition) is 1. The second kappa shape index (κ2) is 9.03. The maximum atomic E-state index is 12.9. The second-order valence-electron chi connectivity index (χ2n) is 7.46. The van der Waals surface area contributed by atoms with Gasteiger partial charge in [0.25, 0.3) is 11.7 Å². The Hall–Kier alpha value is -3.28. The van der Waals surface area contributed by atoms with E-state index in [9.17, 15) is 14.7 Å². The minimum atomic E-state index is -0.684. The number of amides is 1. The van der Waals surface area contributed by atoms with E-state index >= 15 is 0 Å². The van der Waals surface area contributed by atoms with E-state index in [0.29, 0.717) is 30.0 Å². The summed E-state index contributed by atoms with van der Waals surface area (Å²) in [6.45, 7) is 6.24. The molecular weight excluding hydrogens is 382 g/mol. The summed E-state index contributed by atoms with van der Waals surface area (Å²) in [6, 6.07) is 13.4.